The highest BCUT2D eigenvalue weighted by atomic mass is 79.9. The van der Waals surface area contributed by atoms with Gasteiger partial charge in [0.05, 0.1) is 12.7 Å². The third-order valence-electron chi connectivity index (χ3n) is 10.1. The van der Waals surface area contributed by atoms with Crippen LogP contribution in [0.15, 0.2) is 61.8 Å². The lowest BCUT2D eigenvalue weighted by atomic mass is 9.45. The number of halogens is 1. The zero-order valence-corrected chi connectivity index (χ0v) is 27.8. The largest absolute Gasteiger partial charge is 0.468 e. The summed E-state index contributed by atoms with van der Waals surface area (Å²) >= 11 is 3.44. The van der Waals surface area contributed by atoms with Gasteiger partial charge in [-0.15, -0.1) is 0 Å². The smallest absolute Gasteiger partial charge is 0.411 e. The minimum atomic E-state index is -0.423. The number of aryl methyl sites for hydroxylation is 1. The molecule has 0 spiro atoms. The highest BCUT2D eigenvalue weighted by Crippen LogP contribution is 2.63. The van der Waals surface area contributed by atoms with Crippen molar-refractivity contribution in [3.05, 3.63) is 79.6 Å². The summed E-state index contributed by atoms with van der Waals surface area (Å²) in [6.45, 7) is 17.0. The number of anilines is 1. The molecule has 2 aliphatic rings. The van der Waals surface area contributed by atoms with E-state index in [1.165, 1.54) is 11.1 Å². The van der Waals surface area contributed by atoms with Crippen molar-refractivity contribution in [2.45, 2.75) is 92.6 Å². The normalized spacial score (nSPS) is 27.1. The Labute approximate surface area is 259 Å². The Hall–Kier alpha value is -2.80. The Bertz CT molecular complexity index is 1410. The van der Waals surface area contributed by atoms with E-state index in [0.29, 0.717) is 34.9 Å². The van der Waals surface area contributed by atoms with Gasteiger partial charge in [-0.3, -0.25) is 10.1 Å². The van der Waals surface area contributed by atoms with Crippen LogP contribution in [0.3, 0.4) is 0 Å². The monoisotopic (exact) mass is 639 g/mol. The van der Waals surface area contributed by atoms with Crippen LogP contribution in [-0.2, 0) is 11.2 Å². The summed E-state index contributed by atoms with van der Waals surface area (Å²) < 4.78 is 18.7. The first-order valence-electron chi connectivity index (χ1n) is 15.0. The highest BCUT2D eigenvalue weighted by molar-refractivity contribution is 9.10. The van der Waals surface area contributed by atoms with E-state index in [0.717, 1.165) is 43.0 Å². The molecule has 0 aliphatic heterocycles. The minimum absolute atomic E-state index is 0.0120. The van der Waals surface area contributed by atoms with Gasteiger partial charge in [-0.05, 0) is 114 Å². The van der Waals surface area contributed by atoms with Gasteiger partial charge in [-0.25, -0.2) is 4.79 Å². The van der Waals surface area contributed by atoms with E-state index in [9.17, 15) is 9.59 Å². The summed E-state index contributed by atoms with van der Waals surface area (Å²) in [7, 11) is 1.55. The van der Waals surface area contributed by atoms with Gasteiger partial charge >= 0.3 is 6.09 Å². The molecule has 2 fully saturated rings. The van der Waals surface area contributed by atoms with Gasteiger partial charge in [-0.2, -0.15) is 0 Å². The molecule has 2 saturated carbocycles. The summed E-state index contributed by atoms with van der Waals surface area (Å²) in [5, 5.41) is 2.92. The Morgan fingerprint density at radius 3 is 2.52 bits per heavy atom. The van der Waals surface area contributed by atoms with E-state index >= 15 is 0 Å². The zero-order chi connectivity index (χ0) is 30.8. The van der Waals surface area contributed by atoms with Gasteiger partial charge in [0.1, 0.15) is 11.9 Å². The van der Waals surface area contributed by atoms with Crippen LogP contribution in [0.5, 0.6) is 5.95 Å². The third kappa shape index (κ3) is 6.41. The number of ether oxygens (including phenoxy) is 2. The van der Waals surface area contributed by atoms with Gasteiger partial charge in [0.15, 0.2) is 5.43 Å². The Kier molecular flexibility index (Phi) is 9.81. The van der Waals surface area contributed by atoms with Crippen LogP contribution in [0.4, 0.5) is 10.5 Å². The van der Waals surface area contributed by atoms with Gasteiger partial charge in [0, 0.05) is 21.1 Å². The molecule has 0 unspecified atom stereocenters. The second kappa shape index (κ2) is 12.8. The van der Waals surface area contributed by atoms with Gasteiger partial charge in [0.2, 0.25) is 0 Å². The van der Waals surface area contributed by atoms with Gasteiger partial charge < -0.3 is 13.9 Å². The van der Waals surface area contributed by atoms with E-state index in [1.54, 1.807) is 14.0 Å². The second-order valence-corrected chi connectivity index (χ2v) is 13.9. The molecule has 228 valence electrons. The maximum Gasteiger partial charge on any atom is 0.411 e. The van der Waals surface area contributed by atoms with Crippen LogP contribution in [0.1, 0.15) is 83.1 Å². The molecule has 1 heterocycles. The number of hydrogen-bond donors (Lipinski definition) is 1. The lowest BCUT2D eigenvalue weighted by Gasteiger charge is -2.61. The standard InChI is InChI=1S/C35H46BrNO5/c1-21(2)10-9-18-35(7)29-16-11-22(3)28(20-27-31(38)23(4)24(5)41-32(27)40-8)34(29,6)19-17-30(35)42-33(39)37-26-14-12-25(36)13-15-26/h10,12-15,28-30H,3,9,11,16-20H2,1-2,4-8H3,(H,37,39)/t28-,29-,30+,34-,35+/m1/s1. The number of hydrogen-bond acceptors (Lipinski definition) is 5. The zero-order valence-electron chi connectivity index (χ0n) is 26.2. The molecule has 4 rings (SSSR count). The molecule has 2 aliphatic carbocycles. The van der Waals surface area contributed by atoms with Crippen molar-refractivity contribution in [3.63, 3.8) is 0 Å². The maximum atomic E-state index is 13.4. The van der Waals surface area contributed by atoms with E-state index < -0.39 is 6.09 Å². The van der Waals surface area contributed by atoms with E-state index in [-0.39, 0.29) is 34.2 Å². The van der Waals surface area contributed by atoms with Crippen molar-refractivity contribution in [1.82, 2.24) is 0 Å². The topological polar surface area (TPSA) is 77.8 Å². The summed E-state index contributed by atoms with van der Waals surface area (Å²) in [6.07, 6.45) is 7.44. The van der Waals surface area contributed by atoms with Crippen LogP contribution in [0.2, 0.25) is 0 Å². The number of fused-ring (bicyclic) bond motifs is 1. The first kappa shape index (κ1) is 32.1. The average Bonchev–Trinajstić information content (AvgIpc) is 2.93. The number of rotatable bonds is 8. The highest BCUT2D eigenvalue weighted by Gasteiger charge is 2.59. The first-order chi connectivity index (χ1) is 19.8. The average molecular weight is 641 g/mol. The fourth-order valence-corrected chi connectivity index (χ4v) is 7.92. The van der Waals surface area contributed by atoms with Crippen molar-refractivity contribution in [1.29, 1.82) is 0 Å². The summed E-state index contributed by atoms with van der Waals surface area (Å²) in [5.74, 6) is 1.23. The van der Waals surface area contributed by atoms with Crippen LogP contribution in [0.25, 0.3) is 0 Å². The molecule has 7 heteroatoms. The van der Waals surface area contributed by atoms with Gasteiger partial charge in [-0.1, -0.05) is 53.6 Å². The number of nitrogens with one attached hydrogen (secondary N) is 1. The quantitative estimate of drug-likeness (QED) is 0.291. The molecular weight excluding hydrogens is 594 g/mol. The molecule has 1 aromatic carbocycles. The van der Waals surface area contributed by atoms with Crippen LogP contribution in [0, 0.1) is 36.5 Å². The van der Waals surface area contributed by atoms with E-state index in [1.807, 2.05) is 31.2 Å². The molecular formula is C35H46BrNO5. The van der Waals surface area contributed by atoms with Crippen molar-refractivity contribution >= 4 is 27.7 Å². The second-order valence-electron chi connectivity index (χ2n) is 13.0. The maximum absolute atomic E-state index is 13.4. The lowest BCUT2D eigenvalue weighted by Crippen LogP contribution is -2.57. The van der Waals surface area contributed by atoms with Crippen molar-refractivity contribution < 1.29 is 18.7 Å². The van der Waals surface area contributed by atoms with Gasteiger partial charge in [0.25, 0.3) is 5.95 Å². The SMILES string of the molecule is C=C1CC[C@H]2[C@](C)(CCC=C(C)C)[C@@H](OC(=O)Nc3ccc(Br)cc3)CC[C@]2(C)[C@@H]1Cc1c(OC)oc(C)c(C)c1=O. The molecule has 5 atom stereocenters. The first-order valence-corrected chi connectivity index (χ1v) is 15.8. The molecule has 0 saturated heterocycles. The molecule has 1 aromatic heterocycles. The molecule has 1 amide bonds. The fourth-order valence-electron chi connectivity index (χ4n) is 7.66. The molecule has 6 nitrogen and oxygen atoms in total. The van der Waals surface area contributed by atoms with E-state index in [4.69, 9.17) is 13.9 Å². The predicted octanol–water partition coefficient (Wildman–Crippen LogP) is 9.32. The Morgan fingerprint density at radius 2 is 1.88 bits per heavy atom. The predicted molar refractivity (Wildman–Crippen MR) is 172 cm³/mol. The molecule has 0 radical (unpaired) electrons. The lowest BCUT2D eigenvalue weighted by molar-refractivity contribution is -0.136. The molecule has 42 heavy (non-hydrogen) atoms. The Balaban J connectivity index is 1.67. The fraction of sp³-hybridized carbons (Fsp3) is 0.543. The minimum Gasteiger partial charge on any atom is -0.468 e. The van der Waals surface area contributed by atoms with Crippen molar-refractivity contribution in [3.8, 4) is 5.95 Å². The van der Waals surface area contributed by atoms with Crippen LogP contribution >= 0.6 is 15.9 Å². The van der Waals surface area contributed by atoms with Crippen LogP contribution in [-0.4, -0.2) is 19.3 Å². The third-order valence-corrected chi connectivity index (χ3v) is 10.6. The molecule has 0 bridgehead atoms. The van der Waals surface area contributed by atoms with Crippen molar-refractivity contribution in [2.75, 3.05) is 12.4 Å². The summed E-state index contributed by atoms with van der Waals surface area (Å²) in [5.41, 5.74) is 3.97. The summed E-state index contributed by atoms with van der Waals surface area (Å²) in [4.78, 5) is 26.6. The molecule has 2 aromatic rings. The molecule has 1 N–H and O–H groups in total. The Morgan fingerprint density at radius 1 is 1.19 bits per heavy atom. The number of amides is 1. The number of benzene rings is 1. The van der Waals surface area contributed by atoms with Crippen LogP contribution < -0.4 is 15.5 Å². The number of allylic oxidation sites excluding steroid dienone is 3. The number of carbonyl (C=O) groups excluding carboxylic acids is 1. The number of carbonyl (C=O) groups is 1. The number of methoxy groups -OCH3 is 1. The summed E-state index contributed by atoms with van der Waals surface area (Å²) in [6, 6.07) is 7.50. The van der Waals surface area contributed by atoms with Crippen molar-refractivity contribution in [2.24, 2.45) is 22.7 Å². The van der Waals surface area contributed by atoms with E-state index in [2.05, 4.69) is 61.6 Å².